The van der Waals surface area contributed by atoms with Crippen LogP contribution in [-0.2, 0) is 0 Å². The summed E-state index contributed by atoms with van der Waals surface area (Å²) in [6.45, 7) is 1.44. The lowest BCUT2D eigenvalue weighted by molar-refractivity contribution is 0.0737. The van der Waals surface area contributed by atoms with Crippen LogP contribution in [0.4, 0.5) is 5.69 Å². The van der Waals surface area contributed by atoms with Crippen molar-refractivity contribution >= 4 is 34.2 Å². The first-order chi connectivity index (χ1) is 12.5. The number of anilines is 1. The number of nitrogens with one attached hydrogen (secondary N) is 2. The Morgan fingerprint density at radius 1 is 1.08 bits per heavy atom. The molecule has 7 heteroatoms. The normalized spacial score (nSPS) is 10.3. The molecule has 0 aliphatic heterocycles. The molecule has 0 bridgehead atoms. The highest BCUT2D eigenvalue weighted by Crippen LogP contribution is 2.28. The molecule has 0 aliphatic carbocycles. The van der Waals surface area contributed by atoms with Gasteiger partial charge in [0.25, 0.3) is 0 Å². The molecule has 0 unspecified atom stereocenters. The van der Waals surface area contributed by atoms with Crippen LogP contribution in [0, 0.1) is 5.41 Å². The van der Waals surface area contributed by atoms with E-state index < -0.39 is 5.97 Å². The van der Waals surface area contributed by atoms with E-state index in [2.05, 4.69) is 10.3 Å². The number of nitrogens with zero attached hydrogens (tertiary/aromatic N) is 1. The second-order valence-corrected chi connectivity index (χ2v) is 5.57. The number of benzene rings is 2. The van der Waals surface area contributed by atoms with Crippen LogP contribution in [0.15, 0.2) is 54.7 Å². The molecule has 2 aromatic carbocycles. The molecule has 0 aliphatic rings. The molecular weight excluding hydrogens is 332 g/mol. The number of Topliss-reactive ketones (excluding diaryl/α,β-unsaturated/α-hetero) is 1. The summed E-state index contributed by atoms with van der Waals surface area (Å²) in [6, 6.07) is 13.2. The summed E-state index contributed by atoms with van der Waals surface area (Å²) < 4.78 is 5.50. The van der Waals surface area contributed by atoms with Crippen LogP contribution in [-0.4, -0.2) is 22.7 Å². The number of carbonyl (C=O) groups excluding carboxylic acids is 2. The van der Waals surface area contributed by atoms with Crippen LogP contribution < -0.4 is 15.8 Å². The molecule has 26 heavy (non-hydrogen) atoms. The molecule has 3 aromatic rings. The first-order valence-electron chi connectivity index (χ1n) is 7.77. The molecule has 0 atom stereocenters. The standard InChI is InChI=1S/C19H16N4O3/c1-11(24)17-15-3-2-4-16(14(15)9-10-22-17)26-18(25)12-5-7-13(8-6-12)23-19(20)21/h2-10H,1H3,(H4,20,21,23). The first kappa shape index (κ1) is 17.1. The summed E-state index contributed by atoms with van der Waals surface area (Å²) >= 11 is 0. The van der Waals surface area contributed by atoms with Crippen molar-refractivity contribution in [2.45, 2.75) is 6.92 Å². The molecule has 4 N–H and O–H groups in total. The van der Waals surface area contributed by atoms with Gasteiger partial charge >= 0.3 is 5.97 Å². The molecule has 1 heterocycles. The number of esters is 1. The minimum atomic E-state index is -0.534. The van der Waals surface area contributed by atoms with Gasteiger partial charge in [-0.3, -0.25) is 15.2 Å². The van der Waals surface area contributed by atoms with Crippen molar-refractivity contribution in [3.8, 4) is 5.75 Å². The lowest BCUT2D eigenvalue weighted by Crippen LogP contribution is -2.20. The van der Waals surface area contributed by atoms with Gasteiger partial charge in [0.1, 0.15) is 11.4 Å². The summed E-state index contributed by atoms with van der Waals surface area (Å²) in [7, 11) is 0. The van der Waals surface area contributed by atoms with Gasteiger partial charge in [0, 0.05) is 29.6 Å². The predicted molar refractivity (Wildman–Crippen MR) is 98.7 cm³/mol. The van der Waals surface area contributed by atoms with E-state index >= 15 is 0 Å². The number of ketones is 1. The number of aromatic nitrogens is 1. The zero-order valence-electron chi connectivity index (χ0n) is 13.9. The number of fused-ring (bicyclic) bond motifs is 1. The van der Waals surface area contributed by atoms with Gasteiger partial charge in [-0.15, -0.1) is 0 Å². The fraction of sp³-hybridized carbons (Fsp3) is 0.0526. The highest BCUT2D eigenvalue weighted by Gasteiger charge is 2.14. The summed E-state index contributed by atoms with van der Waals surface area (Å²) in [5, 5.41) is 11.1. The Morgan fingerprint density at radius 3 is 2.46 bits per heavy atom. The molecule has 1 aromatic heterocycles. The van der Waals surface area contributed by atoms with Gasteiger partial charge < -0.3 is 15.8 Å². The van der Waals surface area contributed by atoms with E-state index in [9.17, 15) is 9.59 Å². The van der Waals surface area contributed by atoms with Crippen molar-refractivity contribution in [3.63, 3.8) is 0 Å². The highest BCUT2D eigenvalue weighted by atomic mass is 16.5. The van der Waals surface area contributed by atoms with Gasteiger partial charge in [0.2, 0.25) is 0 Å². The Bertz CT molecular complexity index is 1010. The van der Waals surface area contributed by atoms with Crippen molar-refractivity contribution in [2.24, 2.45) is 5.73 Å². The van der Waals surface area contributed by atoms with Gasteiger partial charge in [-0.1, -0.05) is 12.1 Å². The summed E-state index contributed by atoms with van der Waals surface area (Å²) in [5.74, 6) is -0.532. The third kappa shape index (κ3) is 3.51. The highest BCUT2D eigenvalue weighted by molar-refractivity contribution is 6.07. The zero-order valence-corrected chi connectivity index (χ0v) is 13.9. The van der Waals surface area contributed by atoms with E-state index in [-0.39, 0.29) is 11.7 Å². The number of hydrogen-bond donors (Lipinski definition) is 3. The van der Waals surface area contributed by atoms with Crippen LogP contribution in [0.2, 0.25) is 0 Å². The zero-order chi connectivity index (χ0) is 18.7. The number of nitrogens with two attached hydrogens (primary N) is 1. The molecule has 0 amide bonds. The van der Waals surface area contributed by atoms with Crippen LogP contribution in [0.5, 0.6) is 5.75 Å². The van der Waals surface area contributed by atoms with Gasteiger partial charge in [-0.05, 0) is 36.4 Å². The molecule has 0 fully saturated rings. The third-order valence-corrected chi connectivity index (χ3v) is 3.70. The molecule has 0 saturated carbocycles. The average molecular weight is 348 g/mol. The maximum absolute atomic E-state index is 12.4. The molecule has 7 nitrogen and oxygen atoms in total. The largest absolute Gasteiger partial charge is 0.422 e. The smallest absolute Gasteiger partial charge is 0.343 e. The molecule has 0 spiro atoms. The van der Waals surface area contributed by atoms with Crippen molar-refractivity contribution in [1.82, 2.24) is 4.98 Å². The van der Waals surface area contributed by atoms with E-state index in [1.54, 1.807) is 48.5 Å². The summed E-state index contributed by atoms with van der Waals surface area (Å²) in [4.78, 5) is 28.2. The first-order valence-corrected chi connectivity index (χ1v) is 7.77. The van der Waals surface area contributed by atoms with Crippen molar-refractivity contribution in [2.75, 3.05) is 5.32 Å². The molecule has 3 rings (SSSR count). The van der Waals surface area contributed by atoms with E-state index in [0.717, 1.165) is 0 Å². The number of pyridine rings is 1. The Labute approximate surface area is 149 Å². The monoisotopic (exact) mass is 348 g/mol. The maximum Gasteiger partial charge on any atom is 0.343 e. The fourth-order valence-corrected chi connectivity index (χ4v) is 2.55. The summed E-state index contributed by atoms with van der Waals surface area (Å²) in [6.07, 6.45) is 1.51. The van der Waals surface area contributed by atoms with Crippen molar-refractivity contribution < 1.29 is 14.3 Å². The van der Waals surface area contributed by atoms with Crippen LogP contribution in [0.25, 0.3) is 10.8 Å². The summed E-state index contributed by atoms with van der Waals surface area (Å²) in [5.41, 5.74) is 6.53. The lowest BCUT2D eigenvalue weighted by atomic mass is 10.1. The molecule has 0 saturated heterocycles. The van der Waals surface area contributed by atoms with Crippen LogP contribution in [0.3, 0.4) is 0 Å². The number of guanidine groups is 1. The SMILES string of the molecule is CC(=O)c1nccc2c(OC(=O)c3ccc(NC(=N)N)cc3)cccc12. The van der Waals surface area contributed by atoms with E-state index in [1.165, 1.54) is 13.1 Å². The topological polar surface area (TPSA) is 118 Å². The second kappa shape index (κ2) is 7.02. The van der Waals surface area contributed by atoms with Crippen LogP contribution in [0.1, 0.15) is 27.8 Å². The number of ether oxygens (including phenoxy) is 1. The quantitative estimate of drug-likeness (QED) is 0.219. The number of carbonyl (C=O) groups is 2. The lowest BCUT2D eigenvalue weighted by Gasteiger charge is -2.10. The molecular formula is C19H16N4O3. The minimum absolute atomic E-state index is 0.160. The predicted octanol–water partition coefficient (Wildman–Crippen LogP) is 2.96. The van der Waals surface area contributed by atoms with Crippen LogP contribution >= 0.6 is 0 Å². The van der Waals surface area contributed by atoms with Gasteiger partial charge in [0.15, 0.2) is 11.7 Å². The van der Waals surface area contributed by atoms with Gasteiger partial charge in [-0.2, -0.15) is 0 Å². The minimum Gasteiger partial charge on any atom is -0.422 e. The maximum atomic E-state index is 12.4. The molecule has 130 valence electrons. The van der Waals surface area contributed by atoms with E-state index in [0.29, 0.717) is 33.5 Å². The Hall–Kier alpha value is -3.74. The number of hydrogen-bond acceptors (Lipinski definition) is 5. The third-order valence-electron chi connectivity index (χ3n) is 3.70. The fourth-order valence-electron chi connectivity index (χ4n) is 2.55. The van der Waals surface area contributed by atoms with E-state index in [4.69, 9.17) is 15.9 Å². The average Bonchev–Trinajstić information content (AvgIpc) is 2.61. The van der Waals surface area contributed by atoms with Crippen molar-refractivity contribution in [3.05, 3.63) is 66.0 Å². The van der Waals surface area contributed by atoms with Crippen molar-refractivity contribution in [1.29, 1.82) is 5.41 Å². The molecule has 0 radical (unpaired) electrons. The second-order valence-electron chi connectivity index (χ2n) is 5.57. The van der Waals surface area contributed by atoms with Gasteiger partial charge in [-0.25, -0.2) is 4.79 Å². The van der Waals surface area contributed by atoms with E-state index in [1.807, 2.05) is 0 Å². The van der Waals surface area contributed by atoms with Gasteiger partial charge in [0.05, 0.1) is 5.56 Å². The Morgan fingerprint density at radius 2 is 1.81 bits per heavy atom. The number of rotatable bonds is 4. The Balaban J connectivity index is 1.89. The Kier molecular flexibility index (Phi) is 4.62.